The van der Waals surface area contributed by atoms with Gasteiger partial charge < -0.3 is 5.32 Å². The van der Waals surface area contributed by atoms with Crippen molar-refractivity contribution >= 4 is 5.82 Å². The van der Waals surface area contributed by atoms with Crippen LogP contribution < -0.4 is 5.32 Å². The van der Waals surface area contributed by atoms with E-state index in [1.165, 1.54) is 6.07 Å². The zero-order valence-corrected chi connectivity index (χ0v) is 8.89. The SMILES string of the molecule is N#CCNc1ccc(-c2ccccc2F)nn1. The monoisotopic (exact) mass is 228 g/mol. The predicted molar refractivity (Wildman–Crippen MR) is 61.5 cm³/mol. The molecule has 0 fully saturated rings. The summed E-state index contributed by atoms with van der Waals surface area (Å²) in [4.78, 5) is 0. The standard InChI is InChI=1S/C12H9FN4/c13-10-4-2-1-3-9(10)11-5-6-12(17-16-11)15-8-7-14/h1-6H,8H2,(H,15,17). The summed E-state index contributed by atoms with van der Waals surface area (Å²) in [7, 11) is 0. The minimum Gasteiger partial charge on any atom is -0.356 e. The Balaban J connectivity index is 2.24. The van der Waals surface area contributed by atoms with Crippen molar-refractivity contribution in [3.8, 4) is 17.3 Å². The maximum absolute atomic E-state index is 13.5. The maximum atomic E-state index is 13.5. The van der Waals surface area contributed by atoms with E-state index in [9.17, 15) is 4.39 Å². The van der Waals surface area contributed by atoms with Crippen molar-refractivity contribution in [3.05, 3.63) is 42.2 Å². The Morgan fingerprint density at radius 2 is 2.00 bits per heavy atom. The van der Waals surface area contributed by atoms with Crippen LogP contribution in [-0.2, 0) is 0 Å². The molecule has 0 atom stereocenters. The molecule has 0 spiro atoms. The summed E-state index contributed by atoms with van der Waals surface area (Å²) in [6, 6.07) is 11.6. The molecule has 1 aromatic carbocycles. The highest BCUT2D eigenvalue weighted by Gasteiger charge is 2.05. The summed E-state index contributed by atoms with van der Waals surface area (Å²) in [5, 5.41) is 18.9. The van der Waals surface area contributed by atoms with E-state index in [1.54, 1.807) is 30.3 Å². The first kappa shape index (κ1) is 11.0. The molecule has 5 heteroatoms. The molecule has 1 heterocycles. The first-order valence-electron chi connectivity index (χ1n) is 5.00. The Hall–Kier alpha value is -2.48. The molecule has 0 aliphatic heterocycles. The van der Waals surface area contributed by atoms with Crippen LogP contribution in [0.15, 0.2) is 36.4 Å². The molecular formula is C12H9FN4. The van der Waals surface area contributed by atoms with Crippen LogP contribution in [0.3, 0.4) is 0 Å². The van der Waals surface area contributed by atoms with E-state index in [-0.39, 0.29) is 12.4 Å². The van der Waals surface area contributed by atoms with Crippen LogP contribution in [0.4, 0.5) is 10.2 Å². The summed E-state index contributed by atoms with van der Waals surface area (Å²) >= 11 is 0. The second-order valence-corrected chi connectivity index (χ2v) is 3.30. The average molecular weight is 228 g/mol. The zero-order valence-electron chi connectivity index (χ0n) is 8.89. The van der Waals surface area contributed by atoms with Gasteiger partial charge in [0.2, 0.25) is 0 Å². The summed E-state index contributed by atoms with van der Waals surface area (Å²) in [5.74, 6) is 0.158. The fourth-order valence-corrected chi connectivity index (χ4v) is 1.37. The summed E-state index contributed by atoms with van der Waals surface area (Å²) in [6.07, 6.45) is 0. The number of rotatable bonds is 3. The van der Waals surface area contributed by atoms with Gasteiger partial charge in [0, 0.05) is 5.56 Å². The number of halogens is 1. The van der Waals surface area contributed by atoms with Crippen LogP contribution in [0.2, 0.25) is 0 Å². The maximum Gasteiger partial charge on any atom is 0.149 e. The Labute approximate surface area is 97.7 Å². The molecule has 4 nitrogen and oxygen atoms in total. The molecule has 0 bridgehead atoms. The number of anilines is 1. The van der Waals surface area contributed by atoms with Crippen LogP contribution in [-0.4, -0.2) is 16.7 Å². The van der Waals surface area contributed by atoms with Gasteiger partial charge in [0.15, 0.2) is 0 Å². The van der Waals surface area contributed by atoms with Gasteiger partial charge in [0.1, 0.15) is 18.2 Å². The number of nitrogens with zero attached hydrogens (tertiary/aromatic N) is 3. The van der Waals surface area contributed by atoms with E-state index in [4.69, 9.17) is 5.26 Å². The van der Waals surface area contributed by atoms with Crippen molar-refractivity contribution in [2.45, 2.75) is 0 Å². The largest absolute Gasteiger partial charge is 0.356 e. The van der Waals surface area contributed by atoms with E-state index in [0.717, 1.165) is 0 Å². The van der Waals surface area contributed by atoms with Crippen LogP contribution in [0.1, 0.15) is 0 Å². The third-order valence-electron chi connectivity index (χ3n) is 2.16. The van der Waals surface area contributed by atoms with E-state index in [2.05, 4.69) is 15.5 Å². The molecule has 0 aliphatic rings. The van der Waals surface area contributed by atoms with Crippen molar-refractivity contribution in [2.75, 3.05) is 11.9 Å². The highest BCUT2D eigenvalue weighted by atomic mass is 19.1. The summed E-state index contributed by atoms with van der Waals surface area (Å²) < 4.78 is 13.5. The molecule has 1 N–H and O–H groups in total. The van der Waals surface area contributed by atoms with Crippen LogP contribution in [0.25, 0.3) is 11.3 Å². The first-order valence-corrected chi connectivity index (χ1v) is 5.00. The topological polar surface area (TPSA) is 61.6 Å². The fraction of sp³-hybridized carbons (Fsp3) is 0.0833. The van der Waals surface area contributed by atoms with Gasteiger partial charge in [-0.1, -0.05) is 12.1 Å². The van der Waals surface area contributed by atoms with Crippen molar-refractivity contribution in [2.24, 2.45) is 0 Å². The lowest BCUT2D eigenvalue weighted by Gasteiger charge is -2.03. The molecule has 0 radical (unpaired) electrons. The number of benzene rings is 1. The van der Waals surface area contributed by atoms with Gasteiger partial charge in [0.25, 0.3) is 0 Å². The molecule has 0 saturated carbocycles. The molecule has 0 amide bonds. The lowest BCUT2D eigenvalue weighted by molar-refractivity contribution is 0.630. The van der Waals surface area contributed by atoms with Crippen molar-refractivity contribution in [3.63, 3.8) is 0 Å². The predicted octanol–water partition coefficient (Wildman–Crippen LogP) is 2.22. The van der Waals surface area contributed by atoms with Crippen molar-refractivity contribution in [1.82, 2.24) is 10.2 Å². The van der Waals surface area contributed by atoms with Crippen molar-refractivity contribution < 1.29 is 4.39 Å². The Morgan fingerprint density at radius 3 is 2.65 bits per heavy atom. The molecule has 84 valence electrons. The van der Waals surface area contributed by atoms with Gasteiger partial charge in [-0.3, -0.25) is 0 Å². The van der Waals surface area contributed by atoms with E-state index >= 15 is 0 Å². The smallest absolute Gasteiger partial charge is 0.149 e. The Morgan fingerprint density at radius 1 is 1.18 bits per heavy atom. The number of aromatic nitrogens is 2. The number of nitriles is 1. The van der Waals surface area contributed by atoms with E-state index in [0.29, 0.717) is 17.1 Å². The van der Waals surface area contributed by atoms with E-state index < -0.39 is 0 Å². The molecule has 1 aromatic heterocycles. The summed E-state index contributed by atoms with van der Waals surface area (Å²) in [6.45, 7) is 0.160. The van der Waals surface area contributed by atoms with Gasteiger partial charge in [-0.2, -0.15) is 5.26 Å². The average Bonchev–Trinajstić information content (AvgIpc) is 2.38. The second kappa shape index (κ2) is 5.03. The van der Waals surface area contributed by atoms with Gasteiger partial charge in [-0.25, -0.2) is 4.39 Å². The number of hydrogen-bond acceptors (Lipinski definition) is 4. The molecule has 17 heavy (non-hydrogen) atoms. The van der Waals surface area contributed by atoms with Gasteiger partial charge in [0.05, 0.1) is 11.8 Å². The molecule has 0 unspecified atom stereocenters. The number of nitrogens with one attached hydrogen (secondary N) is 1. The second-order valence-electron chi connectivity index (χ2n) is 3.30. The molecular weight excluding hydrogens is 219 g/mol. The minimum absolute atomic E-state index is 0.160. The van der Waals surface area contributed by atoms with Crippen LogP contribution >= 0.6 is 0 Å². The Kier molecular flexibility index (Phi) is 3.26. The highest BCUT2D eigenvalue weighted by molar-refractivity contribution is 5.60. The number of hydrogen-bond donors (Lipinski definition) is 1. The molecule has 0 saturated heterocycles. The lowest BCUT2D eigenvalue weighted by atomic mass is 10.1. The quantitative estimate of drug-likeness (QED) is 0.818. The van der Waals surface area contributed by atoms with Gasteiger partial charge >= 0.3 is 0 Å². The zero-order chi connectivity index (χ0) is 12.1. The Bertz CT molecular complexity index is 545. The molecule has 2 rings (SSSR count). The summed E-state index contributed by atoms with van der Waals surface area (Å²) in [5.41, 5.74) is 0.873. The minimum atomic E-state index is -0.334. The normalized spacial score (nSPS) is 9.65. The third-order valence-corrected chi connectivity index (χ3v) is 2.16. The van der Waals surface area contributed by atoms with Crippen molar-refractivity contribution in [1.29, 1.82) is 5.26 Å². The molecule has 0 aliphatic carbocycles. The van der Waals surface area contributed by atoms with E-state index in [1.807, 2.05) is 6.07 Å². The highest BCUT2D eigenvalue weighted by Crippen LogP contribution is 2.20. The van der Waals surface area contributed by atoms with Gasteiger partial charge in [-0.15, -0.1) is 10.2 Å². The van der Waals surface area contributed by atoms with Crippen LogP contribution in [0.5, 0.6) is 0 Å². The third kappa shape index (κ3) is 2.55. The molecule has 2 aromatic rings. The van der Waals surface area contributed by atoms with Crippen LogP contribution in [0, 0.1) is 17.1 Å². The lowest BCUT2D eigenvalue weighted by Crippen LogP contribution is -2.02. The first-order chi connectivity index (χ1) is 8.31. The fourth-order valence-electron chi connectivity index (χ4n) is 1.37. The van der Waals surface area contributed by atoms with Gasteiger partial charge in [-0.05, 0) is 24.3 Å².